The van der Waals surface area contributed by atoms with Gasteiger partial charge in [-0.15, -0.1) is 0 Å². The highest BCUT2D eigenvalue weighted by Gasteiger charge is 2.24. The Balaban J connectivity index is 2.10. The second kappa shape index (κ2) is 4.33. The molecule has 1 heterocycles. The van der Waals surface area contributed by atoms with Crippen LogP contribution in [0.15, 0.2) is 22.7 Å². The van der Waals surface area contributed by atoms with Crippen LogP contribution in [0.5, 0.6) is 0 Å². The summed E-state index contributed by atoms with van der Waals surface area (Å²) in [5.74, 6) is 0. The van der Waals surface area contributed by atoms with Gasteiger partial charge < -0.3 is 15.5 Å². The van der Waals surface area contributed by atoms with Crippen LogP contribution in [0.25, 0.3) is 0 Å². The Hall–Kier alpha value is -1.23. The zero-order chi connectivity index (χ0) is 11.7. The summed E-state index contributed by atoms with van der Waals surface area (Å²) < 4.78 is 0.890. The number of nitrogens with zero attached hydrogens (tertiary/aromatic N) is 2. The van der Waals surface area contributed by atoms with Gasteiger partial charge in [-0.1, -0.05) is 6.07 Å². The van der Waals surface area contributed by atoms with Gasteiger partial charge in [0.1, 0.15) is 0 Å². The first-order valence-electron chi connectivity index (χ1n) is 5.12. The summed E-state index contributed by atoms with van der Waals surface area (Å²) >= 11 is 3.35. The molecule has 86 valence electrons. The van der Waals surface area contributed by atoms with Crippen molar-refractivity contribution in [2.24, 2.45) is 0 Å². The van der Waals surface area contributed by atoms with Gasteiger partial charge in [-0.25, -0.2) is 4.79 Å². The van der Waals surface area contributed by atoms with Gasteiger partial charge in [-0.3, -0.25) is 0 Å². The van der Waals surface area contributed by atoms with Crippen molar-refractivity contribution < 1.29 is 4.79 Å². The number of urea groups is 1. The summed E-state index contributed by atoms with van der Waals surface area (Å²) in [5.41, 5.74) is 7.56. The number of amides is 2. The Morgan fingerprint density at radius 2 is 2.19 bits per heavy atom. The first kappa shape index (κ1) is 11.3. The molecule has 0 radical (unpaired) electrons. The Morgan fingerprint density at radius 1 is 1.44 bits per heavy atom. The molecule has 4 nitrogen and oxygen atoms in total. The van der Waals surface area contributed by atoms with E-state index in [4.69, 9.17) is 5.73 Å². The third kappa shape index (κ3) is 2.14. The monoisotopic (exact) mass is 283 g/mol. The van der Waals surface area contributed by atoms with Crippen molar-refractivity contribution in [3.8, 4) is 0 Å². The molecular weight excluding hydrogens is 270 g/mol. The van der Waals surface area contributed by atoms with Gasteiger partial charge in [-0.05, 0) is 33.6 Å². The van der Waals surface area contributed by atoms with Crippen molar-refractivity contribution in [3.63, 3.8) is 0 Å². The molecule has 2 rings (SSSR count). The molecule has 1 aliphatic heterocycles. The molecule has 0 aliphatic carbocycles. The fourth-order valence-electron chi connectivity index (χ4n) is 1.76. The van der Waals surface area contributed by atoms with E-state index in [2.05, 4.69) is 15.9 Å². The highest BCUT2D eigenvalue weighted by Crippen LogP contribution is 2.21. The van der Waals surface area contributed by atoms with Crippen LogP contribution in [0.2, 0.25) is 0 Å². The predicted molar refractivity (Wildman–Crippen MR) is 67.0 cm³/mol. The van der Waals surface area contributed by atoms with E-state index in [1.165, 1.54) is 0 Å². The molecule has 0 aromatic heterocycles. The number of carbonyl (C=O) groups excluding carboxylic acids is 1. The van der Waals surface area contributed by atoms with E-state index in [0.29, 0.717) is 12.2 Å². The minimum Gasteiger partial charge on any atom is -0.398 e. The number of nitrogen functional groups attached to an aromatic ring is 1. The number of likely N-dealkylation sites (N-methyl/N-ethyl adjacent to an activating group) is 1. The minimum absolute atomic E-state index is 0.0847. The highest BCUT2D eigenvalue weighted by molar-refractivity contribution is 9.10. The Morgan fingerprint density at radius 3 is 2.75 bits per heavy atom. The number of hydrogen-bond donors (Lipinski definition) is 1. The number of benzene rings is 1. The molecule has 16 heavy (non-hydrogen) atoms. The van der Waals surface area contributed by atoms with Gasteiger partial charge >= 0.3 is 6.03 Å². The van der Waals surface area contributed by atoms with E-state index in [0.717, 1.165) is 23.1 Å². The fraction of sp³-hybridized carbons (Fsp3) is 0.364. The number of nitrogens with two attached hydrogens (primary N) is 1. The summed E-state index contributed by atoms with van der Waals surface area (Å²) in [4.78, 5) is 15.2. The summed E-state index contributed by atoms with van der Waals surface area (Å²) in [7, 11) is 1.82. The Kier molecular flexibility index (Phi) is 3.05. The zero-order valence-corrected chi connectivity index (χ0v) is 10.7. The standard InChI is InChI=1S/C11H14BrN3O/c1-14-4-5-15(11(14)16)7-8-2-3-9(12)10(13)6-8/h2-3,6H,4-5,7,13H2,1H3. The van der Waals surface area contributed by atoms with Gasteiger partial charge in [-0.2, -0.15) is 0 Å². The molecule has 0 saturated carbocycles. The van der Waals surface area contributed by atoms with Crippen molar-refractivity contribution >= 4 is 27.6 Å². The first-order valence-corrected chi connectivity index (χ1v) is 5.91. The maximum Gasteiger partial charge on any atom is 0.320 e. The number of carbonyl (C=O) groups is 1. The van der Waals surface area contributed by atoms with Gasteiger partial charge in [0.15, 0.2) is 0 Å². The molecule has 0 spiro atoms. The number of anilines is 1. The van der Waals surface area contributed by atoms with E-state index in [1.807, 2.05) is 30.1 Å². The SMILES string of the molecule is CN1CCN(Cc2ccc(Br)c(N)c2)C1=O. The largest absolute Gasteiger partial charge is 0.398 e. The first-order chi connectivity index (χ1) is 7.58. The number of hydrogen-bond acceptors (Lipinski definition) is 2. The summed E-state index contributed by atoms with van der Waals surface area (Å²) in [6.07, 6.45) is 0. The Bertz CT molecular complexity index is 422. The zero-order valence-electron chi connectivity index (χ0n) is 9.11. The summed E-state index contributed by atoms with van der Waals surface area (Å²) in [6.45, 7) is 2.21. The highest BCUT2D eigenvalue weighted by atomic mass is 79.9. The Labute approximate surface area is 103 Å². The van der Waals surface area contributed by atoms with Crippen LogP contribution < -0.4 is 5.73 Å². The third-order valence-corrected chi connectivity index (χ3v) is 3.46. The van der Waals surface area contributed by atoms with Gasteiger partial charge in [0.05, 0.1) is 0 Å². The lowest BCUT2D eigenvalue weighted by Crippen LogP contribution is -2.28. The van der Waals surface area contributed by atoms with E-state index in [1.54, 1.807) is 4.90 Å². The molecule has 5 heteroatoms. The summed E-state index contributed by atoms with van der Waals surface area (Å²) in [5, 5.41) is 0. The van der Waals surface area contributed by atoms with Crippen molar-refractivity contribution in [3.05, 3.63) is 28.2 Å². The molecule has 1 fully saturated rings. The van der Waals surface area contributed by atoms with E-state index >= 15 is 0 Å². The molecule has 1 saturated heterocycles. The molecule has 0 bridgehead atoms. The molecule has 2 amide bonds. The minimum atomic E-state index is 0.0847. The maximum absolute atomic E-state index is 11.7. The third-order valence-electron chi connectivity index (χ3n) is 2.74. The maximum atomic E-state index is 11.7. The van der Waals surface area contributed by atoms with Crippen molar-refractivity contribution in [1.29, 1.82) is 0 Å². The van der Waals surface area contributed by atoms with Crippen LogP contribution in [0, 0.1) is 0 Å². The van der Waals surface area contributed by atoms with Gasteiger partial charge in [0, 0.05) is 36.8 Å². The van der Waals surface area contributed by atoms with Crippen molar-refractivity contribution in [2.45, 2.75) is 6.54 Å². The quantitative estimate of drug-likeness (QED) is 0.843. The molecule has 2 N–H and O–H groups in total. The van der Waals surface area contributed by atoms with Crippen LogP contribution in [0.3, 0.4) is 0 Å². The van der Waals surface area contributed by atoms with Gasteiger partial charge in [0.2, 0.25) is 0 Å². The molecular formula is C11H14BrN3O. The van der Waals surface area contributed by atoms with Crippen LogP contribution in [-0.4, -0.2) is 36.0 Å². The molecule has 0 atom stereocenters. The smallest absolute Gasteiger partial charge is 0.320 e. The topological polar surface area (TPSA) is 49.6 Å². The van der Waals surface area contributed by atoms with Gasteiger partial charge in [0.25, 0.3) is 0 Å². The number of rotatable bonds is 2. The second-order valence-electron chi connectivity index (χ2n) is 3.98. The van der Waals surface area contributed by atoms with E-state index in [-0.39, 0.29) is 6.03 Å². The van der Waals surface area contributed by atoms with Crippen LogP contribution in [0.1, 0.15) is 5.56 Å². The molecule has 1 aromatic carbocycles. The lowest BCUT2D eigenvalue weighted by atomic mass is 10.2. The predicted octanol–water partition coefficient (Wildman–Crippen LogP) is 1.90. The van der Waals surface area contributed by atoms with E-state index in [9.17, 15) is 4.79 Å². The average molecular weight is 284 g/mol. The average Bonchev–Trinajstić information content (AvgIpc) is 2.55. The second-order valence-corrected chi connectivity index (χ2v) is 4.84. The summed E-state index contributed by atoms with van der Waals surface area (Å²) in [6, 6.07) is 5.87. The van der Waals surface area contributed by atoms with Crippen LogP contribution in [-0.2, 0) is 6.54 Å². The normalized spacial score (nSPS) is 16.0. The van der Waals surface area contributed by atoms with E-state index < -0.39 is 0 Å². The van der Waals surface area contributed by atoms with Crippen LogP contribution >= 0.6 is 15.9 Å². The number of halogens is 1. The molecule has 1 aliphatic rings. The molecule has 0 unspecified atom stereocenters. The molecule has 1 aromatic rings. The lowest BCUT2D eigenvalue weighted by Gasteiger charge is -2.16. The fourth-order valence-corrected chi connectivity index (χ4v) is 2.01. The van der Waals surface area contributed by atoms with Crippen molar-refractivity contribution in [2.75, 3.05) is 25.9 Å². The van der Waals surface area contributed by atoms with Crippen molar-refractivity contribution in [1.82, 2.24) is 9.80 Å². The van der Waals surface area contributed by atoms with Crippen LogP contribution in [0.4, 0.5) is 10.5 Å². The lowest BCUT2D eigenvalue weighted by molar-refractivity contribution is 0.197.